The maximum atomic E-state index is 13.5. The molecule has 38 heavy (non-hydrogen) atoms. The van der Waals surface area contributed by atoms with Gasteiger partial charge in [0, 0.05) is 43.5 Å². The third kappa shape index (κ3) is 5.81. The zero-order valence-electron chi connectivity index (χ0n) is 20.2. The van der Waals surface area contributed by atoms with Crippen molar-refractivity contribution in [1.29, 1.82) is 5.26 Å². The zero-order valence-corrected chi connectivity index (χ0v) is 20.2. The Kier molecular flexibility index (Phi) is 7.73. The highest BCUT2D eigenvalue weighted by Crippen LogP contribution is 2.36. The predicted molar refractivity (Wildman–Crippen MR) is 131 cm³/mol. The molecule has 11 heteroatoms. The van der Waals surface area contributed by atoms with Crippen LogP contribution in [0.1, 0.15) is 40.0 Å². The van der Waals surface area contributed by atoms with Gasteiger partial charge in [-0.05, 0) is 36.6 Å². The fourth-order valence-electron chi connectivity index (χ4n) is 4.64. The number of nitriles is 1. The number of anilines is 1. The van der Waals surface area contributed by atoms with Crippen molar-refractivity contribution in [1.82, 2.24) is 14.9 Å². The number of carbonyl (C=O) groups excluding carboxylic acids is 2. The molecular weight excluding hydrogens is 499 g/mol. The van der Waals surface area contributed by atoms with Crippen molar-refractivity contribution >= 4 is 17.5 Å². The minimum Gasteiger partial charge on any atom is -0.379 e. The number of piperidine rings is 1. The van der Waals surface area contributed by atoms with Crippen LogP contribution < -0.4 is 5.32 Å². The molecule has 0 saturated carbocycles. The molecule has 2 amide bonds. The van der Waals surface area contributed by atoms with Crippen molar-refractivity contribution in [3.05, 3.63) is 89.5 Å². The van der Waals surface area contributed by atoms with Gasteiger partial charge in [-0.1, -0.05) is 30.3 Å². The second-order valence-corrected chi connectivity index (χ2v) is 9.07. The molecular formula is C27H24F3N5O3. The monoisotopic (exact) mass is 523 g/mol. The van der Waals surface area contributed by atoms with E-state index in [4.69, 9.17) is 5.26 Å². The topological polar surface area (TPSA) is 119 Å². The zero-order chi connectivity index (χ0) is 27.3. The first kappa shape index (κ1) is 26.8. The molecule has 0 radical (unpaired) electrons. The van der Waals surface area contributed by atoms with Crippen molar-refractivity contribution < 1.29 is 27.9 Å². The number of likely N-dealkylation sites (tertiary alicyclic amines) is 1. The van der Waals surface area contributed by atoms with Gasteiger partial charge in [0.1, 0.15) is 11.3 Å². The summed E-state index contributed by atoms with van der Waals surface area (Å²) >= 11 is 0. The highest BCUT2D eigenvalue weighted by Gasteiger charge is 2.46. The van der Waals surface area contributed by atoms with Gasteiger partial charge >= 0.3 is 6.18 Å². The van der Waals surface area contributed by atoms with Crippen LogP contribution in [0.5, 0.6) is 0 Å². The molecule has 1 aliphatic rings. The van der Waals surface area contributed by atoms with Crippen molar-refractivity contribution in [2.45, 2.75) is 31.0 Å². The number of nitrogens with zero attached hydrogens (tertiary/aromatic N) is 4. The first-order valence-electron chi connectivity index (χ1n) is 11.9. The molecule has 1 aliphatic heterocycles. The molecule has 1 atom stereocenters. The molecule has 1 fully saturated rings. The average Bonchev–Trinajstić information content (AvgIpc) is 2.93. The van der Waals surface area contributed by atoms with E-state index in [1.54, 1.807) is 35.2 Å². The maximum Gasteiger partial charge on any atom is 0.417 e. The summed E-state index contributed by atoms with van der Waals surface area (Å²) in [6.45, 7) is 0.499. The Hall–Kier alpha value is -4.30. The average molecular weight is 524 g/mol. The summed E-state index contributed by atoms with van der Waals surface area (Å²) in [5, 5.41) is 23.2. The molecule has 0 aliphatic carbocycles. The molecule has 2 N–H and O–H groups in total. The van der Waals surface area contributed by atoms with Crippen LogP contribution in [0.4, 0.5) is 18.9 Å². The number of nitrogens with one attached hydrogen (secondary N) is 1. The molecule has 1 unspecified atom stereocenters. The molecule has 0 spiro atoms. The number of hydrogen-bond acceptors (Lipinski definition) is 6. The number of aliphatic hydroxyl groups is 1. The van der Waals surface area contributed by atoms with Crippen LogP contribution in [0.15, 0.2) is 67.1 Å². The predicted octanol–water partition coefficient (Wildman–Crippen LogP) is 3.83. The Morgan fingerprint density at radius 2 is 1.82 bits per heavy atom. The Bertz CT molecular complexity index is 1340. The maximum absolute atomic E-state index is 13.5. The van der Waals surface area contributed by atoms with Crippen LogP contribution >= 0.6 is 0 Å². The quantitative estimate of drug-likeness (QED) is 0.507. The number of rotatable bonds is 6. The highest BCUT2D eigenvalue weighted by molar-refractivity contribution is 5.98. The van der Waals surface area contributed by atoms with Crippen molar-refractivity contribution in [3.8, 4) is 6.07 Å². The molecule has 3 aromatic rings. The van der Waals surface area contributed by atoms with Crippen LogP contribution in [0.3, 0.4) is 0 Å². The summed E-state index contributed by atoms with van der Waals surface area (Å²) in [6, 6.07) is 13.1. The number of hydrogen-bond donors (Lipinski definition) is 2. The number of carbonyl (C=O) groups is 2. The lowest BCUT2D eigenvalue weighted by molar-refractivity contribution is -0.142. The highest BCUT2D eigenvalue weighted by atomic mass is 19.4. The van der Waals surface area contributed by atoms with Gasteiger partial charge in [0.2, 0.25) is 0 Å². The molecule has 2 heterocycles. The van der Waals surface area contributed by atoms with E-state index in [2.05, 4.69) is 15.3 Å². The van der Waals surface area contributed by atoms with Gasteiger partial charge in [0.25, 0.3) is 11.8 Å². The molecule has 196 valence electrons. The van der Waals surface area contributed by atoms with E-state index in [1.807, 2.05) is 0 Å². The van der Waals surface area contributed by atoms with Gasteiger partial charge in [-0.25, -0.2) is 4.98 Å². The molecule has 1 saturated heterocycles. The van der Waals surface area contributed by atoms with E-state index >= 15 is 0 Å². The lowest BCUT2D eigenvalue weighted by Gasteiger charge is -2.40. The van der Waals surface area contributed by atoms with E-state index < -0.39 is 34.7 Å². The van der Waals surface area contributed by atoms with Gasteiger partial charge < -0.3 is 15.3 Å². The number of benzene rings is 2. The molecule has 4 rings (SSSR count). The Balaban J connectivity index is 1.57. The van der Waals surface area contributed by atoms with Crippen molar-refractivity contribution in [3.63, 3.8) is 0 Å². The first-order chi connectivity index (χ1) is 18.1. The molecule has 8 nitrogen and oxygen atoms in total. The normalized spacial score (nSPS) is 15.8. The van der Waals surface area contributed by atoms with E-state index in [9.17, 15) is 27.9 Å². The fourth-order valence-corrected chi connectivity index (χ4v) is 4.64. The summed E-state index contributed by atoms with van der Waals surface area (Å²) in [4.78, 5) is 35.7. The third-order valence-electron chi connectivity index (χ3n) is 6.65. The third-order valence-corrected chi connectivity index (χ3v) is 6.65. The van der Waals surface area contributed by atoms with E-state index in [0.29, 0.717) is 11.6 Å². The first-order valence-corrected chi connectivity index (χ1v) is 11.9. The SMILES string of the molecule is N#Cc1ccc(NC(=O)C(O)(Cc2ccccc2)C2CCN(C(=O)c3cnccn3)CC2)cc1C(F)(F)F. The fraction of sp³-hybridized carbons (Fsp3) is 0.296. The summed E-state index contributed by atoms with van der Waals surface area (Å²) in [6.07, 6.45) is -0.0825. The van der Waals surface area contributed by atoms with Crippen LogP contribution in [0, 0.1) is 17.2 Å². The summed E-state index contributed by atoms with van der Waals surface area (Å²) in [7, 11) is 0. The standard InChI is InChI=1S/C27H24F3N5O3/c28-27(29,30)22-14-21(7-6-19(22)16-31)34-25(37)26(38,15-18-4-2-1-3-5-18)20-8-12-35(13-9-20)24(36)23-17-32-10-11-33-23/h1-7,10-11,14,17,20,38H,8-9,12-13,15H2,(H,34,37). The van der Waals surface area contributed by atoms with E-state index in [0.717, 1.165) is 6.07 Å². The van der Waals surface area contributed by atoms with Gasteiger partial charge in [0.15, 0.2) is 0 Å². The molecule has 0 bridgehead atoms. The van der Waals surface area contributed by atoms with Crippen LogP contribution in [0.2, 0.25) is 0 Å². The van der Waals surface area contributed by atoms with E-state index in [-0.39, 0.29) is 49.6 Å². The van der Waals surface area contributed by atoms with E-state index in [1.165, 1.54) is 30.7 Å². The largest absolute Gasteiger partial charge is 0.417 e. The van der Waals surface area contributed by atoms with Gasteiger partial charge in [0.05, 0.1) is 23.4 Å². The summed E-state index contributed by atoms with van der Waals surface area (Å²) in [5.41, 5.74) is -3.07. The number of amides is 2. The molecule has 1 aromatic heterocycles. The van der Waals surface area contributed by atoms with Crippen LogP contribution in [0.25, 0.3) is 0 Å². The van der Waals surface area contributed by atoms with Gasteiger partial charge in [-0.15, -0.1) is 0 Å². The minimum atomic E-state index is -4.80. The van der Waals surface area contributed by atoms with Crippen LogP contribution in [-0.4, -0.2) is 50.5 Å². The minimum absolute atomic E-state index is 0.0785. The second-order valence-electron chi connectivity index (χ2n) is 9.07. The summed E-state index contributed by atoms with van der Waals surface area (Å²) < 4.78 is 40.3. The Morgan fingerprint density at radius 1 is 1.11 bits per heavy atom. The van der Waals surface area contributed by atoms with Gasteiger partial charge in [-0.3, -0.25) is 14.6 Å². The van der Waals surface area contributed by atoms with Crippen LogP contribution in [-0.2, 0) is 17.4 Å². The number of aromatic nitrogens is 2. The lowest BCUT2D eigenvalue weighted by atomic mass is 9.76. The lowest BCUT2D eigenvalue weighted by Crippen LogP contribution is -2.54. The Labute approximate surface area is 216 Å². The summed E-state index contributed by atoms with van der Waals surface area (Å²) in [5.74, 6) is -1.77. The smallest absolute Gasteiger partial charge is 0.379 e. The number of alkyl halides is 3. The van der Waals surface area contributed by atoms with Crippen molar-refractivity contribution in [2.75, 3.05) is 18.4 Å². The number of halogens is 3. The second kappa shape index (κ2) is 11.0. The van der Waals surface area contributed by atoms with Crippen molar-refractivity contribution in [2.24, 2.45) is 5.92 Å². The molecule has 2 aromatic carbocycles. The Morgan fingerprint density at radius 3 is 2.42 bits per heavy atom. The van der Waals surface area contributed by atoms with Gasteiger partial charge in [-0.2, -0.15) is 18.4 Å².